The number of hydrogen-bond acceptors (Lipinski definition) is 3. The molecule has 0 aromatic heterocycles. The molecule has 1 N–H and O–H groups in total. The Kier molecular flexibility index (Phi) is 14.5. The molecule has 0 spiro atoms. The minimum atomic E-state index is -0.177. The second-order valence-electron chi connectivity index (χ2n) is 7.67. The molecule has 0 aromatic rings. The van der Waals surface area contributed by atoms with Crippen LogP contribution in [0.4, 0.5) is 0 Å². The van der Waals surface area contributed by atoms with E-state index in [4.69, 9.17) is 0 Å². The number of hydrogen-bond donors (Lipinski definition) is 1. The highest BCUT2D eigenvalue weighted by molar-refractivity contribution is 6.32. The Morgan fingerprint density at radius 3 is 1.86 bits per heavy atom. The summed E-state index contributed by atoms with van der Waals surface area (Å²) in [7, 11) is 0. The molecule has 0 saturated heterocycles. The fraction of sp³-hybridized carbons (Fsp3) is 0.542. The lowest BCUT2D eigenvalue weighted by atomic mass is 10.1. The van der Waals surface area contributed by atoms with E-state index in [1.165, 1.54) is 22.3 Å². The molecule has 0 bridgehead atoms. The van der Waals surface area contributed by atoms with Gasteiger partial charge in [-0.3, -0.25) is 14.6 Å². The maximum atomic E-state index is 12.0. The lowest BCUT2D eigenvalue weighted by Gasteiger charge is -2.04. The van der Waals surface area contributed by atoms with Crippen LogP contribution in [-0.4, -0.2) is 31.0 Å². The third-order valence-corrected chi connectivity index (χ3v) is 4.14. The number of allylic oxidation sites excluding steroid dienone is 6. The maximum Gasteiger partial charge on any atom is 0.226 e. The van der Waals surface area contributed by atoms with Crippen LogP contribution in [0.1, 0.15) is 73.6 Å². The van der Waals surface area contributed by atoms with Crippen LogP contribution >= 0.6 is 0 Å². The van der Waals surface area contributed by atoms with Crippen LogP contribution in [0.25, 0.3) is 0 Å². The molecule has 28 heavy (non-hydrogen) atoms. The zero-order chi connectivity index (χ0) is 21.4. The molecule has 0 unspecified atom stereocenters. The Labute approximate surface area is 171 Å². The van der Waals surface area contributed by atoms with Crippen molar-refractivity contribution in [2.24, 2.45) is 4.99 Å². The Morgan fingerprint density at radius 2 is 1.36 bits per heavy atom. The fourth-order valence-corrected chi connectivity index (χ4v) is 2.40. The summed E-state index contributed by atoms with van der Waals surface area (Å²) in [6.45, 7) is 13.4. The molecular formula is C24H38N2O2. The van der Waals surface area contributed by atoms with Crippen molar-refractivity contribution in [2.75, 3.05) is 13.1 Å². The summed E-state index contributed by atoms with van der Waals surface area (Å²) in [6, 6.07) is 0. The molecule has 0 aliphatic rings. The lowest BCUT2D eigenvalue weighted by molar-refractivity contribution is -0.120. The van der Waals surface area contributed by atoms with Crippen molar-refractivity contribution in [3.63, 3.8) is 0 Å². The van der Waals surface area contributed by atoms with Crippen molar-refractivity contribution in [3.8, 4) is 0 Å². The molecule has 0 aliphatic carbocycles. The van der Waals surface area contributed by atoms with E-state index in [2.05, 4.69) is 64.0 Å². The van der Waals surface area contributed by atoms with Gasteiger partial charge < -0.3 is 5.32 Å². The number of aliphatic imine (C=N–C) groups is 1. The molecule has 0 aliphatic heterocycles. The van der Waals surface area contributed by atoms with Crippen molar-refractivity contribution in [1.82, 2.24) is 5.32 Å². The predicted octanol–water partition coefficient (Wildman–Crippen LogP) is 5.52. The third kappa shape index (κ3) is 16.0. The third-order valence-electron chi connectivity index (χ3n) is 4.14. The molecule has 0 heterocycles. The van der Waals surface area contributed by atoms with Crippen molar-refractivity contribution in [2.45, 2.75) is 73.6 Å². The monoisotopic (exact) mass is 386 g/mol. The van der Waals surface area contributed by atoms with Crippen LogP contribution in [0, 0.1) is 0 Å². The van der Waals surface area contributed by atoms with Gasteiger partial charge in [-0.25, -0.2) is 0 Å². The zero-order valence-corrected chi connectivity index (χ0v) is 18.6. The van der Waals surface area contributed by atoms with Gasteiger partial charge in [-0.1, -0.05) is 46.6 Å². The van der Waals surface area contributed by atoms with Gasteiger partial charge in [0.05, 0.1) is 18.7 Å². The van der Waals surface area contributed by atoms with E-state index in [1.807, 2.05) is 12.2 Å². The standard InChI is InChI=1S/C24H38N2O2/c1-19(2)9-7-11-21(5)13-15-25-23(18-27)17-24(28)26-16-14-22(6)12-8-10-20(3)4/h9-10,13-14,18H,7-8,11-12,15-17H2,1-6H3,(H,26,28). The number of nitrogens with one attached hydrogen (secondary N) is 1. The minimum Gasteiger partial charge on any atom is -0.352 e. The van der Waals surface area contributed by atoms with Gasteiger partial charge in [0, 0.05) is 6.54 Å². The summed E-state index contributed by atoms with van der Waals surface area (Å²) in [5.74, 6) is -0.177. The number of rotatable bonds is 13. The normalized spacial score (nSPS) is 12.4. The number of nitrogens with zero attached hydrogens (tertiary/aromatic N) is 1. The number of carbonyl (C=O) groups is 2. The van der Waals surface area contributed by atoms with Gasteiger partial charge in [0.15, 0.2) is 6.29 Å². The van der Waals surface area contributed by atoms with Gasteiger partial charge in [0.1, 0.15) is 0 Å². The highest BCUT2D eigenvalue weighted by Gasteiger charge is 2.05. The summed E-state index contributed by atoms with van der Waals surface area (Å²) in [5.41, 5.74) is 5.41. The fourth-order valence-electron chi connectivity index (χ4n) is 2.40. The van der Waals surface area contributed by atoms with Crippen LogP contribution < -0.4 is 5.32 Å². The number of carbonyl (C=O) groups excluding carboxylic acids is 2. The molecule has 0 radical (unpaired) electrons. The van der Waals surface area contributed by atoms with Gasteiger partial charge in [-0.2, -0.15) is 0 Å². The second kappa shape index (κ2) is 15.8. The summed E-state index contributed by atoms with van der Waals surface area (Å²) in [4.78, 5) is 27.4. The van der Waals surface area contributed by atoms with E-state index in [0.717, 1.165) is 25.7 Å². The Hall–Kier alpha value is -2.23. The molecule has 0 aromatic carbocycles. The van der Waals surface area contributed by atoms with Gasteiger partial charge in [-0.15, -0.1) is 0 Å². The highest BCUT2D eigenvalue weighted by atomic mass is 16.1. The molecule has 0 atom stereocenters. The SMILES string of the molecule is CC(C)=CCCC(C)=CCN=C(C=O)CC(=O)NCC=C(C)CCC=C(C)C. The van der Waals surface area contributed by atoms with Crippen molar-refractivity contribution in [1.29, 1.82) is 0 Å². The molecule has 0 saturated carbocycles. The first-order valence-electron chi connectivity index (χ1n) is 10.1. The topological polar surface area (TPSA) is 58.5 Å². The molecule has 156 valence electrons. The van der Waals surface area contributed by atoms with Gasteiger partial charge in [-0.05, 0) is 67.2 Å². The Bertz CT molecular complexity index is 642. The minimum absolute atomic E-state index is 0.0266. The van der Waals surface area contributed by atoms with Crippen molar-refractivity contribution < 1.29 is 9.59 Å². The summed E-state index contributed by atoms with van der Waals surface area (Å²) in [6.07, 6.45) is 13.1. The van der Waals surface area contributed by atoms with Gasteiger partial charge in [0.2, 0.25) is 5.91 Å². The van der Waals surface area contributed by atoms with E-state index in [-0.39, 0.29) is 18.0 Å². The Morgan fingerprint density at radius 1 is 0.821 bits per heavy atom. The molecule has 4 heteroatoms. The average Bonchev–Trinajstić information content (AvgIpc) is 2.60. The summed E-state index contributed by atoms with van der Waals surface area (Å²) < 4.78 is 0. The van der Waals surface area contributed by atoms with Crippen LogP contribution in [0.15, 0.2) is 51.6 Å². The first kappa shape index (κ1) is 25.8. The molecule has 4 nitrogen and oxygen atoms in total. The second-order valence-corrected chi connectivity index (χ2v) is 7.67. The predicted molar refractivity (Wildman–Crippen MR) is 121 cm³/mol. The average molecular weight is 387 g/mol. The molecule has 1 amide bonds. The molecular weight excluding hydrogens is 348 g/mol. The quantitative estimate of drug-likeness (QED) is 0.257. The van der Waals surface area contributed by atoms with E-state index >= 15 is 0 Å². The van der Waals surface area contributed by atoms with Gasteiger partial charge >= 0.3 is 0 Å². The first-order chi connectivity index (χ1) is 13.2. The summed E-state index contributed by atoms with van der Waals surface area (Å²) in [5, 5.41) is 2.82. The van der Waals surface area contributed by atoms with Crippen molar-refractivity contribution >= 4 is 17.9 Å². The number of aldehydes is 1. The van der Waals surface area contributed by atoms with E-state index in [9.17, 15) is 9.59 Å². The van der Waals surface area contributed by atoms with Crippen molar-refractivity contribution in [3.05, 3.63) is 46.6 Å². The van der Waals surface area contributed by atoms with E-state index in [0.29, 0.717) is 19.4 Å². The largest absolute Gasteiger partial charge is 0.352 e. The highest BCUT2D eigenvalue weighted by Crippen LogP contribution is 2.07. The smallest absolute Gasteiger partial charge is 0.226 e. The van der Waals surface area contributed by atoms with Crippen LogP contribution in [0.5, 0.6) is 0 Å². The van der Waals surface area contributed by atoms with E-state index in [1.54, 1.807) is 0 Å². The number of amides is 1. The van der Waals surface area contributed by atoms with Crippen LogP contribution in [0.2, 0.25) is 0 Å². The van der Waals surface area contributed by atoms with Crippen LogP contribution in [0.3, 0.4) is 0 Å². The zero-order valence-electron chi connectivity index (χ0n) is 18.6. The molecule has 0 fully saturated rings. The van der Waals surface area contributed by atoms with E-state index < -0.39 is 0 Å². The van der Waals surface area contributed by atoms with Gasteiger partial charge in [0.25, 0.3) is 0 Å². The Balaban J connectivity index is 4.33. The molecule has 0 rings (SSSR count). The first-order valence-corrected chi connectivity index (χ1v) is 10.1. The lowest BCUT2D eigenvalue weighted by Crippen LogP contribution is -2.26. The summed E-state index contributed by atoms with van der Waals surface area (Å²) >= 11 is 0. The van der Waals surface area contributed by atoms with Crippen LogP contribution in [-0.2, 0) is 9.59 Å². The maximum absolute atomic E-state index is 12.0.